The van der Waals surface area contributed by atoms with Gasteiger partial charge in [0.2, 0.25) is 0 Å². The number of thiazole rings is 1. The van der Waals surface area contributed by atoms with Crippen LogP contribution in [-0.4, -0.2) is 26.3 Å². The Morgan fingerprint density at radius 2 is 2.10 bits per heavy atom. The number of rotatable bonds is 4. The molecule has 0 radical (unpaired) electrons. The lowest BCUT2D eigenvalue weighted by atomic mass is 10.3. The van der Waals surface area contributed by atoms with Gasteiger partial charge in [-0.15, -0.1) is 16.4 Å². The summed E-state index contributed by atoms with van der Waals surface area (Å²) in [5.74, 6) is -0.800. The lowest BCUT2D eigenvalue weighted by molar-refractivity contribution is -0.695. The Morgan fingerprint density at radius 3 is 2.80 bits per heavy atom. The number of aryl methyl sites for hydroxylation is 1. The van der Waals surface area contributed by atoms with Crippen molar-refractivity contribution in [1.29, 1.82) is 0 Å². The zero-order valence-electron chi connectivity index (χ0n) is 10.4. The Kier molecular flexibility index (Phi) is 3.34. The van der Waals surface area contributed by atoms with E-state index < -0.39 is 5.97 Å². The molecular weight excluding hydrogens is 276 g/mol. The molecule has 3 heterocycles. The standard InChI is InChI=1S/C13H10N4O2S/c18-11(19)4-8-17-6-2-9(3-7-17)13-15-12-10(20-13)1-5-14-16-12/h1-3,5-7H,4,8H2/p+1. The third kappa shape index (κ3) is 2.62. The van der Waals surface area contributed by atoms with Gasteiger partial charge in [-0.3, -0.25) is 4.79 Å². The number of hydrogen-bond acceptors (Lipinski definition) is 5. The maximum atomic E-state index is 10.5. The number of aliphatic carboxylic acids is 1. The number of fused-ring (bicyclic) bond motifs is 1. The molecule has 0 bridgehead atoms. The minimum atomic E-state index is -0.800. The predicted molar refractivity (Wildman–Crippen MR) is 73.1 cm³/mol. The smallest absolute Gasteiger partial charge is 0.309 e. The number of carboxylic acid groups (broad SMARTS) is 1. The number of carboxylic acids is 1. The molecule has 1 N–H and O–H groups in total. The second kappa shape index (κ2) is 5.30. The van der Waals surface area contributed by atoms with Gasteiger partial charge in [0.05, 0.1) is 10.9 Å². The third-order valence-corrected chi connectivity index (χ3v) is 3.86. The van der Waals surface area contributed by atoms with E-state index in [1.54, 1.807) is 17.5 Å². The fourth-order valence-corrected chi connectivity index (χ4v) is 2.69. The molecule has 0 fully saturated rings. The minimum Gasteiger partial charge on any atom is -0.481 e. The number of aromatic nitrogens is 4. The molecule has 3 aromatic rings. The number of nitrogens with zero attached hydrogens (tertiary/aromatic N) is 4. The van der Waals surface area contributed by atoms with Crippen LogP contribution < -0.4 is 4.57 Å². The molecule has 3 aromatic heterocycles. The zero-order chi connectivity index (χ0) is 13.9. The van der Waals surface area contributed by atoms with Gasteiger partial charge in [-0.25, -0.2) is 9.55 Å². The molecule has 100 valence electrons. The van der Waals surface area contributed by atoms with Crippen LogP contribution in [0.1, 0.15) is 6.42 Å². The van der Waals surface area contributed by atoms with Crippen LogP contribution in [0.4, 0.5) is 0 Å². The molecule has 0 atom stereocenters. The van der Waals surface area contributed by atoms with Crippen molar-refractivity contribution in [3.63, 3.8) is 0 Å². The topological polar surface area (TPSA) is 79.9 Å². The highest BCUT2D eigenvalue weighted by Gasteiger charge is 2.10. The van der Waals surface area contributed by atoms with Crippen molar-refractivity contribution in [2.45, 2.75) is 13.0 Å². The first-order chi connectivity index (χ1) is 9.72. The molecule has 7 heteroatoms. The van der Waals surface area contributed by atoms with Crippen LogP contribution in [0.15, 0.2) is 36.8 Å². The fourth-order valence-electron chi connectivity index (χ4n) is 1.79. The van der Waals surface area contributed by atoms with Crippen LogP contribution in [0, 0.1) is 0 Å². The summed E-state index contributed by atoms with van der Waals surface area (Å²) in [5.41, 5.74) is 1.63. The van der Waals surface area contributed by atoms with E-state index >= 15 is 0 Å². The normalized spacial score (nSPS) is 10.8. The molecule has 0 aliphatic carbocycles. The lowest BCUT2D eigenvalue weighted by Crippen LogP contribution is -2.33. The first-order valence-electron chi connectivity index (χ1n) is 6.02. The molecule has 0 aliphatic rings. The minimum absolute atomic E-state index is 0.112. The molecule has 0 aliphatic heterocycles. The van der Waals surface area contributed by atoms with Crippen molar-refractivity contribution in [3.05, 3.63) is 36.8 Å². The molecule has 0 unspecified atom stereocenters. The zero-order valence-corrected chi connectivity index (χ0v) is 11.2. The van der Waals surface area contributed by atoms with E-state index in [9.17, 15) is 4.79 Å². The molecule has 6 nitrogen and oxygen atoms in total. The van der Waals surface area contributed by atoms with E-state index in [2.05, 4.69) is 15.2 Å². The summed E-state index contributed by atoms with van der Waals surface area (Å²) in [5, 5.41) is 17.3. The maximum absolute atomic E-state index is 10.5. The lowest BCUT2D eigenvalue weighted by Gasteiger charge is -1.96. The highest BCUT2D eigenvalue weighted by molar-refractivity contribution is 7.21. The van der Waals surface area contributed by atoms with Crippen LogP contribution in [0.25, 0.3) is 20.9 Å². The van der Waals surface area contributed by atoms with E-state index in [1.807, 2.05) is 35.2 Å². The highest BCUT2D eigenvalue weighted by atomic mass is 32.1. The van der Waals surface area contributed by atoms with Crippen molar-refractivity contribution in [2.24, 2.45) is 0 Å². The van der Waals surface area contributed by atoms with Gasteiger partial charge in [0.25, 0.3) is 0 Å². The molecule has 0 saturated heterocycles. The number of pyridine rings is 1. The summed E-state index contributed by atoms with van der Waals surface area (Å²) in [7, 11) is 0. The highest BCUT2D eigenvalue weighted by Crippen LogP contribution is 2.27. The fraction of sp³-hybridized carbons (Fsp3) is 0.154. The number of hydrogen-bond donors (Lipinski definition) is 1. The maximum Gasteiger partial charge on any atom is 0.309 e. The monoisotopic (exact) mass is 287 g/mol. The molecular formula is C13H11N4O2S+. The van der Waals surface area contributed by atoms with Gasteiger partial charge in [-0.1, -0.05) is 0 Å². The van der Waals surface area contributed by atoms with Crippen molar-refractivity contribution < 1.29 is 14.5 Å². The van der Waals surface area contributed by atoms with Gasteiger partial charge in [-0.05, 0) is 6.07 Å². The van der Waals surface area contributed by atoms with Gasteiger partial charge >= 0.3 is 5.97 Å². The van der Waals surface area contributed by atoms with E-state index in [0.29, 0.717) is 12.2 Å². The van der Waals surface area contributed by atoms with Crippen LogP contribution in [-0.2, 0) is 11.3 Å². The van der Waals surface area contributed by atoms with Gasteiger partial charge in [0, 0.05) is 17.7 Å². The Hall–Kier alpha value is -2.41. The van der Waals surface area contributed by atoms with Crippen molar-refractivity contribution >= 4 is 27.7 Å². The average molecular weight is 287 g/mol. The second-order valence-electron chi connectivity index (χ2n) is 4.21. The van der Waals surface area contributed by atoms with Crippen LogP contribution in [0.5, 0.6) is 0 Å². The summed E-state index contributed by atoms with van der Waals surface area (Å²) in [6, 6.07) is 5.74. The molecule has 0 aromatic carbocycles. The Balaban J connectivity index is 1.85. The summed E-state index contributed by atoms with van der Waals surface area (Å²) >= 11 is 1.56. The van der Waals surface area contributed by atoms with E-state index in [4.69, 9.17) is 5.11 Å². The van der Waals surface area contributed by atoms with Crippen LogP contribution in [0.2, 0.25) is 0 Å². The summed E-state index contributed by atoms with van der Waals surface area (Å²) in [4.78, 5) is 15.0. The van der Waals surface area contributed by atoms with Gasteiger partial charge in [0.15, 0.2) is 24.6 Å². The first kappa shape index (κ1) is 12.6. The molecule has 0 saturated carbocycles. The van der Waals surface area contributed by atoms with Gasteiger partial charge in [-0.2, -0.15) is 5.10 Å². The van der Waals surface area contributed by atoms with E-state index in [0.717, 1.165) is 15.3 Å². The Morgan fingerprint density at radius 1 is 1.30 bits per heavy atom. The second-order valence-corrected chi connectivity index (χ2v) is 5.24. The van der Waals surface area contributed by atoms with Gasteiger partial charge < -0.3 is 5.11 Å². The van der Waals surface area contributed by atoms with Crippen LogP contribution >= 0.6 is 11.3 Å². The largest absolute Gasteiger partial charge is 0.481 e. The number of carbonyl (C=O) groups is 1. The quantitative estimate of drug-likeness (QED) is 0.736. The van der Waals surface area contributed by atoms with Crippen molar-refractivity contribution in [3.8, 4) is 10.6 Å². The van der Waals surface area contributed by atoms with Crippen molar-refractivity contribution in [1.82, 2.24) is 15.2 Å². The van der Waals surface area contributed by atoms with Crippen molar-refractivity contribution in [2.75, 3.05) is 0 Å². The van der Waals surface area contributed by atoms with Crippen LogP contribution in [0.3, 0.4) is 0 Å². The summed E-state index contributed by atoms with van der Waals surface area (Å²) in [6.07, 6.45) is 5.47. The SMILES string of the molecule is O=C(O)CC[n+]1ccc(-c2nc3nnccc3s2)cc1. The molecule has 0 spiro atoms. The average Bonchev–Trinajstić information content (AvgIpc) is 2.89. The van der Waals surface area contributed by atoms with E-state index in [1.165, 1.54) is 0 Å². The summed E-state index contributed by atoms with van der Waals surface area (Å²) < 4.78 is 2.84. The van der Waals surface area contributed by atoms with Gasteiger partial charge in [0.1, 0.15) is 11.4 Å². The summed E-state index contributed by atoms with van der Waals surface area (Å²) in [6.45, 7) is 0.459. The Labute approximate surface area is 118 Å². The Bertz CT molecular complexity index is 721. The predicted octanol–water partition coefficient (Wildman–Crippen LogP) is 1.52. The molecule has 20 heavy (non-hydrogen) atoms. The first-order valence-corrected chi connectivity index (χ1v) is 6.83. The van der Waals surface area contributed by atoms with E-state index in [-0.39, 0.29) is 6.42 Å². The third-order valence-electron chi connectivity index (χ3n) is 2.80. The molecule has 0 amide bonds. The molecule has 3 rings (SSSR count).